The number of benzene rings is 1. The van der Waals surface area contributed by atoms with E-state index in [1.807, 2.05) is 6.92 Å². The minimum absolute atomic E-state index is 0.0219. The smallest absolute Gasteiger partial charge is 0.270 e. The summed E-state index contributed by atoms with van der Waals surface area (Å²) in [5.74, 6) is 1.00. The summed E-state index contributed by atoms with van der Waals surface area (Å²) in [6.45, 7) is 7.30. The summed E-state index contributed by atoms with van der Waals surface area (Å²) in [6, 6.07) is 6.51. The maximum Gasteiger partial charge on any atom is 0.270 e. The molecular weight excluding hydrogens is 270 g/mol. The SMILES string of the molecule is CCC(C#N)Oc1ccc([N+](=O)[O-])cc1CNCC(C)C. The van der Waals surface area contributed by atoms with Crippen LogP contribution >= 0.6 is 0 Å². The third-order valence-electron chi connectivity index (χ3n) is 2.91. The molecule has 1 aromatic rings. The number of nitrogens with one attached hydrogen (secondary N) is 1. The van der Waals surface area contributed by atoms with Crippen molar-refractivity contribution in [3.63, 3.8) is 0 Å². The average Bonchev–Trinajstić information content (AvgIpc) is 2.45. The van der Waals surface area contributed by atoms with E-state index in [9.17, 15) is 10.1 Å². The topological polar surface area (TPSA) is 88.2 Å². The van der Waals surface area contributed by atoms with E-state index >= 15 is 0 Å². The number of nitrogens with zero attached hydrogens (tertiary/aromatic N) is 2. The lowest BCUT2D eigenvalue weighted by molar-refractivity contribution is -0.384. The first-order valence-electron chi connectivity index (χ1n) is 7.02. The second kappa shape index (κ2) is 8.22. The molecule has 6 nitrogen and oxygen atoms in total. The van der Waals surface area contributed by atoms with E-state index < -0.39 is 11.0 Å². The first-order valence-corrected chi connectivity index (χ1v) is 7.02. The highest BCUT2D eigenvalue weighted by Crippen LogP contribution is 2.25. The van der Waals surface area contributed by atoms with Gasteiger partial charge in [-0.25, -0.2) is 0 Å². The highest BCUT2D eigenvalue weighted by molar-refractivity contribution is 5.44. The molecule has 0 aliphatic carbocycles. The molecule has 0 bridgehead atoms. The maximum absolute atomic E-state index is 10.9. The Morgan fingerprint density at radius 1 is 1.48 bits per heavy atom. The van der Waals surface area contributed by atoms with Crippen LogP contribution in [0.25, 0.3) is 0 Å². The van der Waals surface area contributed by atoms with Crippen molar-refractivity contribution in [3.8, 4) is 11.8 Å². The molecule has 0 fully saturated rings. The molecule has 1 unspecified atom stereocenters. The van der Waals surface area contributed by atoms with Crippen LogP contribution in [0.1, 0.15) is 32.8 Å². The Hall–Kier alpha value is -2.13. The Labute approximate surface area is 124 Å². The highest BCUT2D eigenvalue weighted by Gasteiger charge is 2.14. The number of ether oxygens (including phenoxy) is 1. The summed E-state index contributed by atoms with van der Waals surface area (Å²) in [6.07, 6.45) is 0.0158. The third-order valence-corrected chi connectivity index (χ3v) is 2.91. The summed E-state index contributed by atoms with van der Waals surface area (Å²) in [5.41, 5.74) is 0.715. The zero-order valence-corrected chi connectivity index (χ0v) is 12.6. The van der Waals surface area contributed by atoms with E-state index in [1.54, 1.807) is 6.07 Å². The van der Waals surface area contributed by atoms with Gasteiger partial charge in [0.2, 0.25) is 0 Å². The quantitative estimate of drug-likeness (QED) is 0.587. The molecule has 1 N–H and O–H groups in total. The van der Waals surface area contributed by atoms with Crippen LogP contribution in [0.4, 0.5) is 5.69 Å². The second-order valence-electron chi connectivity index (χ2n) is 5.22. The van der Waals surface area contributed by atoms with E-state index in [0.717, 1.165) is 6.54 Å². The van der Waals surface area contributed by atoms with Gasteiger partial charge in [-0.05, 0) is 24.9 Å². The molecular formula is C15H21N3O3. The minimum Gasteiger partial charge on any atom is -0.475 e. The Kier molecular flexibility index (Phi) is 6.63. The van der Waals surface area contributed by atoms with Gasteiger partial charge in [-0.3, -0.25) is 10.1 Å². The van der Waals surface area contributed by atoms with Gasteiger partial charge in [0.25, 0.3) is 5.69 Å². The Balaban J connectivity index is 2.94. The largest absolute Gasteiger partial charge is 0.475 e. The molecule has 0 amide bonds. The zero-order valence-electron chi connectivity index (χ0n) is 12.6. The standard InChI is InChI=1S/C15H21N3O3/c1-4-14(8-16)21-15-6-5-13(18(19)20)7-12(15)10-17-9-11(2)3/h5-7,11,14,17H,4,9-10H2,1-3H3. The number of rotatable bonds is 8. The molecule has 0 heterocycles. The monoisotopic (exact) mass is 291 g/mol. The van der Waals surface area contributed by atoms with Gasteiger partial charge in [0.05, 0.1) is 4.92 Å². The lowest BCUT2D eigenvalue weighted by atomic mass is 10.1. The first-order chi connectivity index (χ1) is 9.97. The summed E-state index contributed by atoms with van der Waals surface area (Å²) in [7, 11) is 0. The van der Waals surface area contributed by atoms with Gasteiger partial charge in [0.1, 0.15) is 11.8 Å². The Bertz CT molecular complexity index is 523. The van der Waals surface area contributed by atoms with Crippen molar-refractivity contribution in [3.05, 3.63) is 33.9 Å². The van der Waals surface area contributed by atoms with Gasteiger partial charge in [-0.1, -0.05) is 20.8 Å². The fourth-order valence-electron chi connectivity index (χ4n) is 1.78. The summed E-state index contributed by atoms with van der Waals surface area (Å²) >= 11 is 0. The molecule has 0 saturated heterocycles. The van der Waals surface area contributed by atoms with Crippen molar-refractivity contribution in [2.45, 2.75) is 39.8 Å². The molecule has 0 aromatic heterocycles. The van der Waals surface area contributed by atoms with Crippen LogP contribution in [0.15, 0.2) is 18.2 Å². The predicted octanol–water partition coefficient (Wildman–Crippen LogP) is 3.02. The van der Waals surface area contributed by atoms with Gasteiger partial charge >= 0.3 is 0 Å². The summed E-state index contributed by atoms with van der Waals surface area (Å²) < 4.78 is 5.61. The van der Waals surface area contributed by atoms with Gasteiger partial charge in [-0.15, -0.1) is 0 Å². The molecule has 0 saturated carbocycles. The molecule has 0 radical (unpaired) electrons. The van der Waals surface area contributed by atoms with E-state index in [-0.39, 0.29) is 5.69 Å². The lowest BCUT2D eigenvalue weighted by Crippen LogP contribution is -2.20. The van der Waals surface area contributed by atoms with E-state index in [4.69, 9.17) is 10.00 Å². The van der Waals surface area contributed by atoms with Crippen molar-refractivity contribution < 1.29 is 9.66 Å². The average molecular weight is 291 g/mol. The van der Waals surface area contributed by atoms with Crippen molar-refractivity contribution in [2.75, 3.05) is 6.54 Å². The number of hydrogen-bond acceptors (Lipinski definition) is 5. The fourth-order valence-corrected chi connectivity index (χ4v) is 1.78. The van der Waals surface area contributed by atoms with Gasteiger partial charge < -0.3 is 10.1 Å². The van der Waals surface area contributed by atoms with Crippen molar-refractivity contribution in [2.24, 2.45) is 5.92 Å². The van der Waals surface area contributed by atoms with Gasteiger partial charge in [0, 0.05) is 24.2 Å². The van der Waals surface area contributed by atoms with Crippen LogP contribution in [-0.2, 0) is 6.54 Å². The van der Waals surface area contributed by atoms with Crippen LogP contribution < -0.4 is 10.1 Å². The molecule has 21 heavy (non-hydrogen) atoms. The van der Waals surface area contributed by atoms with Crippen molar-refractivity contribution in [1.29, 1.82) is 5.26 Å². The van der Waals surface area contributed by atoms with Gasteiger partial charge in [-0.2, -0.15) is 5.26 Å². The molecule has 1 rings (SSSR count). The zero-order chi connectivity index (χ0) is 15.8. The molecule has 0 spiro atoms. The molecule has 6 heteroatoms. The Morgan fingerprint density at radius 2 is 2.19 bits per heavy atom. The van der Waals surface area contributed by atoms with Crippen molar-refractivity contribution in [1.82, 2.24) is 5.32 Å². The molecule has 0 aliphatic rings. The van der Waals surface area contributed by atoms with E-state index in [2.05, 4.69) is 25.2 Å². The van der Waals surface area contributed by atoms with Crippen LogP contribution in [0.5, 0.6) is 5.75 Å². The highest BCUT2D eigenvalue weighted by atomic mass is 16.6. The van der Waals surface area contributed by atoms with E-state index in [0.29, 0.717) is 30.2 Å². The molecule has 1 aromatic carbocycles. The van der Waals surface area contributed by atoms with Crippen molar-refractivity contribution >= 4 is 5.69 Å². The number of nitriles is 1. The van der Waals surface area contributed by atoms with E-state index in [1.165, 1.54) is 12.1 Å². The predicted molar refractivity (Wildman–Crippen MR) is 80.0 cm³/mol. The first kappa shape index (κ1) is 16.9. The second-order valence-corrected chi connectivity index (χ2v) is 5.22. The number of nitro benzene ring substituents is 1. The fraction of sp³-hybridized carbons (Fsp3) is 0.533. The van der Waals surface area contributed by atoms with Gasteiger partial charge in [0.15, 0.2) is 6.10 Å². The van der Waals surface area contributed by atoms with Crippen LogP contribution in [0, 0.1) is 27.4 Å². The van der Waals surface area contributed by atoms with Crippen LogP contribution in [0.3, 0.4) is 0 Å². The lowest BCUT2D eigenvalue weighted by Gasteiger charge is -2.15. The Morgan fingerprint density at radius 3 is 2.71 bits per heavy atom. The van der Waals surface area contributed by atoms with Crippen LogP contribution in [-0.4, -0.2) is 17.6 Å². The number of hydrogen-bond donors (Lipinski definition) is 1. The minimum atomic E-state index is -0.546. The summed E-state index contributed by atoms with van der Waals surface area (Å²) in [5, 5.41) is 23.1. The molecule has 114 valence electrons. The normalized spacial score (nSPS) is 12.0. The van der Waals surface area contributed by atoms with Crippen LogP contribution in [0.2, 0.25) is 0 Å². The maximum atomic E-state index is 10.9. The summed E-state index contributed by atoms with van der Waals surface area (Å²) in [4.78, 5) is 10.4. The molecule has 0 aliphatic heterocycles. The third kappa shape index (κ3) is 5.40. The number of nitro groups is 1. The molecule has 1 atom stereocenters. The number of non-ortho nitro benzene ring substituents is 1.